The van der Waals surface area contributed by atoms with Crippen LogP contribution in [0, 0.1) is 0 Å². The van der Waals surface area contributed by atoms with Crippen LogP contribution in [0.5, 0.6) is 5.75 Å². The Hall–Kier alpha value is -2.00. The minimum atomic E-state index is 0.903. The summed E-state index contributed by atoms with van der Waals surface area (Å²) in [5.41, 5.74) is 2.43. The van der Waals surface area contributed by atoms with Crippen molar-refractivity contribution in [3.63, 3.8) is 0 Å². The number of ether oxygens (including phenoxy) is 1. The first-order chi connectivity index (χ1) is 9.81. The molecule has 2 rings (SSSR count). The quantitative estimate of drug-likeness (QED) is 0.783. The Morgan fingerprint density at radius 1 is 1.00 bits per heavy atom. The number of hydrogen-bond donors (Lipinski definition) is 1. The van der Waals surface area contributed by atoms with Crippen LogP contribution in [0.4, 0.5) is 5.69 Å². The van der Waals surface area contributed by atoms with Crippen molar-refractivity contribution in [3.8, 4) is 5.75 Å². The second-order valence-electron chi connectivity index (χ2n) is 4.76. The number of rotatable bonds is 7. The van der Waals surface area contributed by atoms with E-state index < -0.39 is 0 Å². The van der Waals surface area contributed by atoms with E-state index >= 15 is 0 Å². The fourth-order valence-electron chi connectivity index (χ4n) is 2.14. The Bertz CT molecular complexity index is 513. The maximum atomic E-state index is 5.38. The van der Waals surface area contributed by atoms with E-state index in [1.54, 1.807) is 7.11 Å². The molecule has 0 bridgehead atoms. The predicted molar refractivity (Wildman–Crippen MR) is 84.4 cm³/mol. The molecule has 0 saturated carbocycles. The van der Waals surface area contributed by atoms with Crippen LogP contribution in [-0.2, 0) is 6.54 Å². The summed E-state index contributed by atoms with van der Waals surface area (Å²) < 4.78 is 5.38. The van der Waals surface area contributed by atoms with Gasteiger partial charge in [0.15, 0.2) is 0 Å². The number of likely N-dealkylation sites (N-methyl/N-ethyl adjacent to an activating group) is 1. The minimum absolute atomic E-state index is 0.903. The fourth-order valence-corrected chi connectivity index (χ4v) is 2.14. The standard InChI is InChI=1S/C17H22N2O/c1-19(16-10-6-7-11-17(16)20-2)13-12-18-14-15-8-4-3-5-9-15/h3-11,18H,12-14H2,1-2H3. The van der Waals surface area contributed by atoms with Gasteiger partial charge in [0.25, 0.3) is 0 Å². The summed E-state index contributed by atoms with van der Waals surface area (Å²) >= 11 is 0. The highest BCUT2D eigenvalue weighted by molar-refractivity contribution is 5.57. The summed E-state index contributed by atoms with van der Waals surface area (Å²) in [7, 11) is 3.79. The first-order valence-corrected chi connectivity index (χ1v) is 6.90. The van der Waals surface area contributed by atoms with Crippen molar-refractivity contribution < 1.29 is 4.74 Å². The zero-order valence-electron chi connectivity index (χ0n) is 12.2. The lowest BCUT2D eigenvalue weighted by Gasteiger charge is -2.21. The molecule has 0 saturated heterocycles. The van der Waals surface area contributed by atoms with Crippen molar-refractivity contribution in [1.29, 1.82) is 0 Å². The Morgan fingerprint density at radius 2 is 1.70 bits per heavy atom. The van der Waals surface area contributed by atoms with Gasteiger partial charge >= 0.3 is 0 Å². The lowest BCUT2D eigenvalue weighted by molar-refractivity contribution is 0.414. The summed E-state index contributed by atoms with van der Waals surface area (Å²) in [6, 6.07) is 18.5. The highest BCUT2D eigenvalue weighted by atomic mass is 16.5. The van der Waals surface area contributed by atoms with Crippen LogP contribution in [0.1, 0.15) is 5.56 Å². The summed E-state index contributed by atoms with van der Waals surface area (Å²) in [6.45, 7) is 2.78. The van der Waals surface area contributed by atoms with E-state index in [-0.39, 0.29) is 0 Å². The molecule has 0 spiro atoms. The lowest BCUT2D eigenvalue weighted by atomic mass is 10.2. The van der Waals surface area contributed by atoms with Crippen molar-refractivity contribution in [2.24, 2.45) is 0 Å². The summed E-state index contributed by atoms with van der Waals surface area (Å²) in [4.78, 5) is 2.21. The highest BCUT2D eigenvalue weighted by Crippen LogP contribution is 2.25. The van der Waals surface area contributed by atoms with Crippen molar-refractivity contribution in [2.75, 3.05) is 32.1 Å². The minimum Gasteiger partial charge on any atom is -0.495 e. The van der Waals surface area contributed by atoms with E-state index in [1.165, 1.54) is 5.56 Å². The van der Waals surface area contributed by atoms with Gasteiger partial charge in [-0.2, -0.15) is 0 Å². The molecule has 0 aliphatic heterocycles. The second-order valence-corrected chi connectivity index (χ2v) is 4.76. The molecule has 0 fully saturated rings. The maximum Gasteiger partial charge on any atom is 0.142 e. The normalized spacial score (nSPS) is 10.3. The first kappa shape index (κ1) is 14.4. The van der Waals surface area contributed by atoms with Crippen LogP contribution in [-0.4, -0.2) is 27.2 Å². The SMILES string of the molecule is COc1ccccc1N(C)CCNCc1ccccc1. The van der Waals surface area contributed by atoms with Gasteiger partial charge in [-0.25, -0.2) is 0 Å². The molecule has 3 heteroatoms. The molecule has 2 aromatic rings. The average molecular weight is 270 g/mol. The molecular weight excluding hydrogens is 248 g/mol. The first-order valence-electron chi connectivity index (χ1n) is 6.90. The predicted octanol–water partition coefficient (Wildman–Crippen LogP) is 2.92. The Balaban J connectivity index is 1.79. The van der Waals surface area contributed by atoms with Gasteiger partial charge in [-0.15, -0.1) is 0 Å². The van der Waals surface area contributed by atoms with E-state index in [4.69, 9.17) is 4.74 Å². The van der Waals surface area contributed by atoms with Gasteiger partial charge in [0, 0.05) is 26.7 Å². The van der Waals surface area contributed by atoms with Gasteiger partial charge in [0.1, 0.15) is 5.75 Å². The number of anilines is 1. The van der Waals surface area contributed by atoms with Crippen LogP contribution in [0.3, 0.4) is 0 Å². The summed E-state index contributed by atoms with van der Waals surface area (Å²) in [5.74, 6) is 0.915. The van der Waals surface area contributed by atoms with E-state index in [9.17, 15) is 0 Å². The maximum absolute atomic E-state index is 5.38. The molecule has 0 heterocycles. The fraction of sp³-hybridized carbons (Fsp3) is 0.294. The monoisotopic (exact) mass is 270 g/mol. The van der Waals surface area contributed by atoms with Gasteiger partial charge in [-0.3, -0.25) is 0 Å². The van der Waals surface area contributed by atoms with Crippen molar-refractivity contribution >= 4 is 5.69 Å². The van der Waals surface area contributed by atoms with Crippen molar-refractivity contribution in [3.05, 3.63) is 60.2 Å². The third-order valence-electron chi connectivity index (χ3n) is 3.29. The van der Waals surface area contributed by atoms with Crippen LogP contribution < -0.4 is 15.0 Å². The average Bonchev–Trinajstić information content (AvgIpc) is 2.52. The molecule has 3 nitrogen and oxygen atoms in total. The molecule has 0 radical (unpaired) electrons. The number of methoxy groups -OCH3 is 1. The summed E-state index contributed by atoms with van der Waals surface area (Å²) in [5, 5.41) is 3.46. The highest BCUT2D eigenvalue weighted by Gasteiger charge is 2.06. The molecule has 20 heavy (non-hydrogen) atoms. The molecule has 0 unspecified atom stereocenters. The van der Waals surface area contributed by atoms with E-state index in [0.29, 0.717) is 0 Å². The second kappa shape index (κ2) is 7.56. The van der Waals surface area contributed by atoms with E-state index in [1.807, 2.05) is 24.3 Å². The van der Waals surface area contributed by atoms with Gasteiger partial charge < -0.3 is 15.0 Å². The van der Waals surface area contributed by atoms with E-state index in [0.717, 1.165) is 31.1 Å². The molecular formula is C17H22N2O. The van der Waals surface area contributed by atoms with Crippen LogP contribution in [0.25, 0.3) is 0 Å². The molecule has 0 amide bonds. The molecule has 0 aliphatic rings. The van der Waals surface area contributed by atoms with E-state index in [2.05, 4.69) is 47.6 Å². The Kier molecular flexibility index (Phi) is 5.44. The topological polar surface area (TPSA) is 24.5 Å². The van der Waals surface area contributed by atoms with Gasteiger partial charge in [0.05, 0.1) is 12.8 Å². The summed E-state index contributed by atoms with van der Waals surface area (Å²) in [6.07, 6.45) is 0. The zero-order valence-corrected chi connectivity index (χ0v) is 12.2. The third kappa shape index (κ3) is 4.00. The third-order valence-corrected chi connectivity index (χ3v) is 3.29. The molecule has 0 aromatic heterocycles. The molecule has 0 atom stereocenters. The van der Waals surface area contributed by atoms with Gasteiger partial charge in [0.2, 0.25) is 0 Å². The zero-order chi connectivity index (χ0) is 14.2. The number of nitrogens with zero attached hydrogens (tertiary/aromatic N) is 1. The smallest absolute Gasteiger partial charge is 0.142 e. The Labute approximate surface area is 121 Å². The number of hydrogen-bond acceptors (Lipinski definition) is 3. The number of nitrogens with one attached hydrogen (secondary N) is 1. The van der Waals surface area contributed by atoms with Crippen LogP contribution in [0.2, 0.25) is 0 Å². The number of benzene rings is 2. The molecule has 2 aromatic carbocycles. The largest absolute Gasteiger partial charge is 0.495 e. The van der Waals surface area contributed by atoms with Crippen LogP contribution in [0.15, 0.2) is 54.6 Å². The van der Waals surface area contributed by atoms with Crippen molar-refractivity contribution in [2.45, 2.75) is 6.54 Å². The van der Waals surface area contributed by atoms with Crippen molar-refractivity contribution in [1.82, 2.24) is 5.32 Å². The molecule has 0 aliphatic carbocycles. The Morgan fingerprint density at radius 3 is 2.45 bits per heavy atom. The lowest BCUT2D eigenvalue weighted by Crippen LogP contribution is -2.29. The number of para-hydroxylation sites is 2. The van der Waals surface area contributed by atoms with Gasteiger partial charge in [-0.05, 0) is 17.7 Å². The van der Waals surface area contributed by atoms with Gasteiger partial charge in [-0.1, -0.05) is 42.5 Å². The van der Waals surface area contributed by atoms with Crippen LogP contribution >= 0.6 is 0 Å². The molecule has 106 valence electrons. The molecule has 1 N–H and O–H groups in total.